The molecule has 2 atom stereocenters. The molecule has 0 spiro atoms. The van der Waals surface area contributed by atoms with Crippen molar-refractivity contribution in [2.24, 2.45) is 11.8 Å². The number of carbonyl (C=O) groups is 2. The van der Waals surface area contributed by atoms with Crippen LogP contribution in [0.15, 0.2) is 71.8 Å². The van der Waals surface area contributed by atoms with Gasteiger partial charge in [-0.2, -0.15) is 0 Å². The van der Waals surface area contributed by atoms with Gasteiger partial charge in [0.1, 0.15) is 0 Å². The van der Waals surface area contributed by atoms with E-state index in [1.54, 1.807) is 0 Å². The molecule has 0 saturated carbocycles. The topological polar surface area (TPSA) is 34.1 Å². The number of hydrogen-bond donors (Lipinski definition) is 0. The van der Waals surface area contributed by atoms with Gasteiger partial charge < -0.3 is 0 Å². The van der Waals surface area contributed by atoms with Gasteiger partial charge in [0.05, 0.1) is 0 Å². The molecule has 2 aromatic carbocycles. The summed E-state index contributed by atoms with van der Waals surface area (Å²) >= 11 is -0.646. The summed E-state index contributed by atoms with van der Waals surface area (Å²) in [5.41, 5.74) is 6.19. The van der Waals surface area contributed by atoms with Crippen LogP contribution in [0.4, 0.5) is 0 Å². The third kappa shape index (κ3) is 7.52. The number of hydrogen-bond acceptors (Lipinski definition) is 2. The Labute approximate surface area is 231 Å². The van der Waals surface area contributed by atoms with Crippen molar-refractivity contribution in [3.05, 3.63) is 88.5 Å². The molecule has 2 aliphatic carbocycles. The monoisotopic (exact) mass is 610 g/mol. The molecule has 198 valence electrons. The standard InChI is InChI=1S/C34H43IO2/c1-4-35(3)22-21-25(2)11-10-14-27-23-28-15-8-9-16-29(28)31(24-27)34-30(32(36)19-20-33(34)37)18-17-26-12-6-5-7-13-26/h5-9,12-13,15-16,24-25,27H,4,10-11,14,17-23H2,1-3H3. The van der Waals surface area contributed by atoms with Crippen molar-refractivity contribution in [3.63, 3.8) is 0 Å². The van der Waals surface area contributed by atoms with Gasteiger partial charge in [-0.05, 0) is 12.0 Å². The van der Waals surface area contributed by atoms with Crippen molar-refractivity contribution in [2.75, 3.05) is 13.8 Å². The first-order chi connectivity index (χ1) is 18.0. The van der Waals surface area contributed by atoms with Gasteiger partial charge >= 0.3 is 179 Å². The van der Waals surface area contributed by atoms with Gasteiger partial charge in [-0.25, -0.2) is 0 Å². The van der Waals surface area contributed by atoms with Crippen molar-refractivity contribution >= 4 is 37.0 Å². The van der Waals surface area contributed by atoms with Crippen LogP contribution in [0.5, 0.6) is 0 Å². The first-order valence-corrected chi connectivity index (χ1v) is 19.3. The molecular formula is C34H43IO2. The normalized spacial score (nSPS) is 18.9. The minimum atomic E-state index is -0.646. The minimum absolute atomic E-state index is 0.146. The van der Waals surface area contributed by atoms with Crippen LogP contribution in [0.1, 0.15) is 75.5 Å². The van der Waals surface area contributed by atoms with E-state index in [1.807, 2.05) is 18.2 Å². The van der Waals surface area contributed by atoms with Crippen LogP contribution in [0.3, 0.4) is 0 Å². The Morgan fingerprint density at radius 3 is 2.43 bits per heavy atom. The van der Waals surface area contributed by atoms with Crippen molar-refractivity contribution in [3.8, 4) is 0 Å². The molecule has 2 nitrogen and oxygen atoms in total. The fraction of sp³-hybridized carbons (Fsp3) is 0.471. The van der Waals surface area contributed by atoms with Gasteiger partial charge in [-0.15, -0.1) is 0 Å². The van der Waals surface area contributed by atoms with Crippen LogP contribution in [0.2, 0.25) is 0 Å². The summed E-state index contributed by atoms with van der Waals surface area (Å²) in [6, 6.07) is 18.8. The number of Topliss-reactive ketones (excluding diaryl/α,β-unsaturated/α-hetero) is 2. The van der Waals surface area contributed by atoms with Crippen molar-refractivity contribution < 1.29 is 9.59 Å². The van der Waals surface area contributed by atoms with E-state index in [0.29, 0.717) is 25.2 Å². The fourth-order valence-electron chi connectivity index (χ4n) is 5.71. The van der Waals surface area contributed by atoms with Gasteiger partial charge in [-0.1, -0.05) is 30.3 Å². The Balaban J connectivity index is 1.56. The van der Waals surface area contributed by atoms with Crippen LogP contribution >= 0.6 is 19.8 Å². The molecule has 4 rings (SSSR count). The van der Waals surface area contributed by atoms with Gasteiger partial charge in [0.15, 0.2) is 0 Å². The molecule has 0 fully saturated rings. The molecule has 2 unspecified atom stereocenters. The fourth-order valence-corrected chi connectivity index (χ4v) is 8.60. The number of alkyl halides is 3. The van der Waals surface area contributed by atoms with E-state index >= 15 is 0 Å². The van der Waals surface area contributed by atoms with Crippen molar-refractivity contribution in [1.29, 1.82) is 0 Å². The molecule has 2 aliphatic rings. The molecule has 0 radical (unpaired) electrons. The molecule has 0 aromatic heterocycles. The number of carbonyl (C=O) groups excluding carboxylic acids is 2. The number of ketones is 2. The summed E-state index contributed by atoms with van der Waals surface area (Å²) in [4.78, 5) is 29.1. The van der Waals surface area contributed by atoms with Crippen molar-refractivity contribution in [2.45, 2.75) is 71.6 Å². The van der Waals surface area contributed by atoms with Crippen molar-refractivity contribution in [1.82, 2.24) is 0 Å². The van der Waals surface area contributed by atoms with E-state index in [9.17, 15) is 9.59 Å². The van der Waals surface area contributed by atoms with E-state index in [1.165, 1.54) is 39.2 Å². The summed E-state index contributed by atoms with van der Waals surface area (Å²) in [6.45, 7) is 4.78. The Bertz CT molecular complexity index is 1140. The van der Waals surface area contributed by atoms with E-state index in [0.717, 1.165) is 47.5 Å². The molecule has 0 heterocycles. The Hall–Kier alpha value is -2.01. The molecule has 37 heavy (non-hydrogen) atoms. The number of rotatable bonds is 12. The number of fused-ring (bicyclic) bond motifs is 1. The third-order valence-corrected chi connectivity index (χ3v) is 13.2. The number of aryl methyl sites for hydroxylation is 1. The van der Waals surface area contributed by atoms with Gasteiger partial charge in [0.2, 0.25) is 0 Å². The second kappa shape index (κ2) is 13.7. The maximum absolute atomic E-state index is 13.4. The SMILES string of the molecule is CCI(C)CCC(C)CCCC1C=C(C2=C(CCc3ccccc3)C(=O)CCC2=O)c2ccccc2C1. The van der Waals surface area contributed by atoms with E-state index in [-0.39, 0.29) is 11.6 Å². The number of allylic oxidation sites excluding steroid dienone is 4. The molecule has 2 aromatic rings. The maximum atomic E-state index is 13.4. The molecule has 0 saturated heterocycles. The van der Waals surface area contributed by atoms with Crippen LogP contribution < -0.4 is 0 Å². The molecule has 0 aliphatic heterocycles. The molecule has 0 bridgehead atoms. The predicted molar refractivity (Wildman–Crippen MR) is 166 cm³/mol. The Kier molecular flexibility index (Phi) is 10.4. The Morgan fingerprint density at radius 1 is 0.919 bits per heavy atom. The first kappa shape index (κ1) is 28.0. The van der Waals surface area contributed by atoms with Crippen LogP contribution in [0.25, 0.3) is 5.57 Å². The average Bonchev–Trinajstić information content (AvgIpc) is 2.92. The number of halogens is 1. The molecule has 3 heteroatoms. The molecule has 0 N–H and O–H groups in total. The van der Waals surface area contributed by atoms with Crippen LogP contribution in [0, 0.1) is 11.8 Å². The quantitative estimate of drug-likeness (QED) is 0.179. The zero-order valence-corrected chi connectivity index (χ0v) is 25.1. The first-order valence-electron chi connectivity index (χ1n) is 14.1. The summed E-state index contributed by atoms with van der Waals surface area (Å²) in [6.07, 6.45) is 10.6. The van der Waals surface area contributed by atoms with E-state index in [4.69, 9.17) is 0 Å². The van der Waals surface area contributed by atoms with Gasteiger partial charge in [-0.3, -0.25) is 4.79 Å². The zero-order chi connectivity index (χ0) is 26.2. The summed E-state index contributed by atoms with van der Waals surface area (Å²) in [7, 11) is 0. The van der Waals surface area contributed by atoms with Crippen LogP contribution in [-0.2, 0) is 22.4 Å². The zero-order valence-electron chi connectivity index (χ0n) is 22.9. The predicted octanol–water partition coefficient (Wildman–Crippen LogP) is 8.46. The average molecular weight is 611 g/mol. The third-order valence-electron chi connectivity index (χ3n) is 8.12. The summed E-state index contributed by atoms with van der Waals surface area (Å²) in [5, 5.41) is 0. The Morgan fingerprint density at radius 2 is 1.65 bits per heavy atom. The van der Waals surface area contributed by atoms with E-state index in [2.05, 4.69) is 61.3 Å². The molecular weight excluding hydrogens is 567 g/mol. The van der Waals surface area contributed by atoms with E-state index < -0.39 is 19.8 Å². The van der Waals surface area contributed by atoms with Crippen LogP contribution in [-0.4, -0.2) is 25.4 Å². The second-order valence-corrected chi connectivity index (χ2v) is 17.6. The van der Waals surface area contributed by atoms with Gasteiger partial charge in [0.25, 0.3) is 0 Å². The second-order valence-electron chi connectivity index (χ2n) is 10.9. The summed E-state index contributed by atoms with van der Waals surface area (Å²) < 4.78 is 2.91. The molecule has 0 amide bonds. The summed E-state index contributed by atoms with van der Waals surface area (Å²) in [5.74, 6) is 1.53. The number of benzene rings is 2. The van der Waals surface area contributed by atoms with Gasteiger partial charge in [0, 0.05) is 6.42 Å².